The third-order valence-electron chi connectivity index (χ3n) is 2.25. The van der Waals surface area contributed by atoms with E-state index in [2.05, 4.69) is 4.74 Å². The quantitative estimate of drug-likeness (QED) is 0.732. The molecule has 1 heterocycles. The van der Waals surface area contributed by atoms with Gasteiger partial charge >= 0.3 is 5.97 Å². The molecule has 5 heteroatoms. The summed E-state index contributed by atoms with van der Waals surface area (Å²) in [5, 5.41) is 9.40. The van der Waals surface area contributed by atoms with Crippen LogP contribution < -0.4 is 5.73 Å². The molecule has 0 spiro atoms. The molecule has 0 amide bonds. The Labute approximate surface area is 91.0 Å². The number of anilines is 1. The Bertz CT molecular complexity index is 607. The maximum Gasteiger partial charge on any atom is 0.337 e. The van der Waals surface area contributed by atoms with Crippen LogP contribution in [0.15, 0.2) is 22.6 Å². The van der Waals surface area contributed by atoms with Gasteiger partial charge in [0.25, 0.3) is 0 Å². The summed E-state index contributed by atoms with van der Waals surface area (Å²) in [6.07, 6.45) is 0. The minimum atomic E-state index is -0.467. The lowest BCUT2D eigenvalue weighted by atomic mass is 10.1. The van der Waals surface area contributed by atoms with Crippen LogP contribution in [-0.2, 0) is 4.74 Å². The summed E-state index contributed by atoms with van der Waals surface area (Å²) in [4.78, 5) is 11.3. The fourth-order valence-electron chi connectivity index (χ4n) is 1.48. The van der Waals surface area contributed by atoms with Gasteiger partial charge in [0.1, 0.15) is 17.2 Å². The maximum absolute atomic E-state index is 11.3. The van der Waals surface area contributed by atoms with Gasteiger partial charge in [-0.15, -0.1) is 0 Å². The second kappa shape index (κ2) is 3.59. The largest absolute Gasteiger partial charge is 0.465 e. The average molecular weight is 216 g/mol. The monoisotopic (exact) mass is 216 g/mol. The minimum absolute atomic E-state index is 0.0551. The van der Waals surface area contributed by atoms with Crippen molar-refractivity contribution in [3.63, 3.8) is 0 Å². The van der Waals surface area contributed by atoms with Crippen LogP contribution in [0.4, 0.5) is 5.88 Å². The van der Waals surface area contributed by atoms with E-state index in [1.165, 1.54) is 13.2 Å². The van der Waals surface area contributed by atoms with Crippen molar-refractivity contribution in [2.24, 2.45) is 0 Å². The first-order chi connectivity index (χ1) is 7.67. The highest BCUT2D eigenvalue weighted by molar-refractivity contribution is 5.97. The third-order valence-corrected chi connectivity index (χ3v) is 2.25. The van der Waals surface area contributed by atoms with Gasteiger partial charge < -0.3 is 14.9 Å². The van der Waals surface area contributed by atoms with Crippen molar-refractivity contribution in [3.8, 4) is 6.07 Å². The third kappa shape index (κ3) is 1.37. The van der Waals surface area contributed by atoms with Crippen molar-refractivity contribution in [2.45, 2.75) is 0 Å². The van der Waals surface area contributed by atoms with Crippen molar-refractivity contribution >= 4 is 22.8 Å². The van der Waals surface area contributed by atoms with Gasteiger partial charge in [0.05, 0.1) is 12.7 Å². The Hall–Kier alpha value is -2.48. The number of nitrogens with two attached hydrogens (primary N) is 1. The summed E-state index contributed by atoms with van der Waals surface area (Å²) in [6, 6.07) is 6.59. The average Bonchev–Trinajstić information content (AvgIpc) is 2.62. The molecule has 2 N–H and O–H groups in total. The highest BCUT2D eigenvalue weighted by Gasteiger charge is 2.14. The number of fused-ring (bicyclic) bond motifs is 1. The number of carbonyl (C=O) groups is 1. The molecule has 0 aliphatic carbocycles. The van der Waals surface area contributed by atoms with E-state index in [-0.39, 0.29) is 11.4 Å². The Morgan fingerprint density at radius 1 is 1.56 bits per heavy atom. The zero-order chi connectivity index (χ0) is 11.7. The molecule has 2 aromatic rings. The highest BCUT2D eigenvalue weighted by atomic mass is 16.5. The van der Waals surface area contributed by atoms with Gasteiger partial charge in [0.2, 0.25) is 5.88 Å². The first-order valence-electron chi connectivity index (χ1n) is 4.48. The van der Waals surface area contributed by atoms with Crippen molar-refractivity contribution in [3.05, 3.63) is 29.3 Å². The van der Waals surface area contributed by atoms with Crippen LogP contribution >= 0.6 is 0 Å². The molecule has 0 unspecified atom stereocenters. The number of nitrogen functional groups attached to an aromatic ring is 1. The number of esters is 1. The summed E-state index contributed by atoms with van der Waals surface area (Å²) in [6.45, 7) is 0. The molecule has 80 valence electrons. The molecule has 5 nitrogen and oxygen atoms in total. The van der Waals surface area contributed by atoms with Crippen LogP contribution in [0, 0.1) is 11.3 Å². The second-order valence-electron chi connectivity index (χ2n) is 3.16. The number of methoxy groups -OCH3 is 1. The number of hydrogen-bond acceptors (Lipinski definition) is 5. The van der Waals surface area contributed by atoms with Crippen LogP contribution in [0.5, 0.6) is 0 Å². The smallest absolute Gasteiger partial charge is 0.337 e. The molecule has 0 aliphatic rings. The molecule has 0 saturated carbocycles. The summed E-state index contributed by atoms with van der Waals surface area (Å²) >= 11 is 0. The number of rotatable bonds is 1. The van der Waals surface area contributed by atoms with Gasteiger partial charge in [-0.05, 0) is 18.2 Å². The van der Waals surface area contributed by atoms with E-state index in [9.17, 15) is 4.79 Å². The Morgan fingerprint density at radius 2 is 2.31 bits per heavy atom. The van der Waals surface area contributed by atoms with Crippen LogP contribution in [0.3, 0.4) is 0 Å². The number of nitrogens with zero attached hydrogens (tertiary/aromatic N) is 1. The number of furan rings is 1. The molecule has 0 saturated heterocycles. The van der Waals surface area contributed by atoms with Gasteiger partial charge in [0, 0.05) is 5.39 Å². The number of ether oxygens (including phenoxy) is 1. The topological polar surface area (TPSA) is 89.2 Å². The Kier molecular flexibility index (Phi) is 2.25. The highest BCUT2D eigenvalue weighted by Crippen LogP contribution is 2.28. The second-order valence-corrected chi connectivity index (χ2v) is 3.16. The first-order valence-corrected chi connectivity index (χ1v) is 4.48. The Morgan fingerprint density at radius 3 is 2.94 bits per heavy atom. The lowest BCUT2D eigenvalue weighted by Gasteiger charge is -1.97. The fraction of sp³-hybridized carbons (Fsp3) is 0.0909. The van der Waals surface area contributed by atoms with Gasteiger partial charge in [-0.1, -0.05) is 0 Å². The molecule has 1 aromatic carbocycles. The van der Waals surface area contributed by atoms with Gasteiger partial charge in [0.15, 0.2) is 0 Å². The molecule has 1 aromatic heterocycles. The molecule has 0 fully saturated rings. The van der Waals surface area contributed by atoms with Crippen LogP contribution in [0.25, 0.3) is 11.0 Å². The summed E-state index contributed by atoms with van der Waals surface area (Å²) in [5.74, 6) is -0.412. The summed E-state index contributed by atoms with van der Waals surface area (Å²) < 4.78 is 9.74. The maximum atomic E-state index is 11.3. The number of carbonyl (C=O) groups excluding carboxylic acids is 1. The van der Waals surface area contributed by atoms with E-state index in [4.69, 9.17) is 15.4 Å². The van der Waals surface area contributed by atoms with E-state index in [1.807, 2.05) is 6.07 Å². The van der Waals surface area contributed by atoms with Gasteiger partial charge in [-0.25, -0.2) is 4.79 Å². The summed E-state index contributed by atoms with van der Waals surface area (Å²) in [7, 11) is 1.29. The van der Waals surface area contributed by atoms with Crippen LogP contribution in [-0.4, -0.2) is 13.1 Å². The predicted molar refractivity (Wildman–Crippen MR) is 56.7 cm³/mol. The zero-order valence-electron chi connectivity index (χ0n) is 8.48. The number of benzene rings is 1. The van der Waals surface area contributed by atoms with E-state index in [1.54, 1.807) is 12.1 Å². The van der Waals surface area contributed by atoms with Crippen molar-refractivity contribution in [1.82, 2.24) is 0 Å². The van der Waals surface area contributed by atoms with E-state index in [0.29, 0.717) is 16.5 Å². The number of hydrogen-bond donors (Lipinski definition) is 1. The first kappa shape index (κ1) is 10.1. The van der Waals surface area contributed by atoms with Gasteiger partial charge in [-0.2, -0.15) is 5.26 Å². The fourth-order valence-corrected chi connectivity index (χ4v) is 1.48. The predicted octanol–water partition coefficient (Wildman–Crippen LogP) is 1.67. The Balaban J connectivity index is 2.70. The zero-order valence-corrected chi connectivity index (χ0v) is 8.48. The SMILES string of the molecule is COC(=O)c1ccc2oc(N)c(C#N)c2c1. The van der Waals surface area contributed by atoms with E-state index in [0.717, 1.165) is 0 Å². The molecule has 2 rings (SSSR count). The minimum Gasteiger partial charge on any atom is -0.465 e. The molecule has 0 bridgehead atoms. The van der Waals surface area contributed by atoms with Crippen LogP contribution in [0.1, 0.15) is 15.9 Å². The standard InChI is InChI=1S/C11H8N2O3/c1-15-11(14)6-2-3-9-7(4-6)8(5-12)10(13)16-9/h2-4H,13H2,1H3. The lowest BCUT2D eigenvalue weighted by Crippen LogP contribution is -2.00. The molecular formula is C11H8N2O3. The van der Waals surface area contributed by atoms with E-state index >= 15 is 0 Å². The summed E-state index contributed by atoms with van der Waals surface area (Å²) in [5.41, 5.74) is 6.58. The molecule has 0 atom stereocenters. The lowest BCUT2D eigenvalue weighted by molar-refractivity contribution is 0.0601. The normalized spacial score (nSPS) is 10.0. The molecule has 0 radical (unpaired) electrons. The molecule has 16 heavy (non-hydrogen) atoms. The van der Waals surface area contributed by atoms with E-state index < -0.39 is 5.97 Å². The van der Waals surface area contributed by atoms with Gasteiger partial charge in [-0.3, -0.25) is 0 Å². The van der Waals surface area contributed by atoms with Crippen molar-refractivity contribution in [1.29, 1.82) is 5.26 Å². The van der Waals surface area contributed by atoms with Crippen molar-refractivity contribution < 1.29 is 13.9 Å². The van der Waals surface area contributed by atoms with Crippen molar-refractivity contribution in [2.75, 3.05) is 12.8 Å². The number of nitriles is 1. The molecule has 0 aliphatic heterocycles. The molecular weight excluding hydrogens is 208 g/mol. The van der Waals surface area contributed by atoms with Crippen LogP contribution in [0.2, 0.25) is 0 Å².